The summed E-state index contributed by atoms with van der Waals surface area (Å²) in [6.07, 6.45) is -3.89. The number of halogens is 2. The molecule has 0 unspecified atom stereocenters. The van der Waals surface area contributed by atoms with Crippen molar-refractivity contribution in [3.63, 3.8) is 0 Å². The van der Waals surface area contributed by atoms with Crippen LogP contribution in [0.1, 0.15) is 27.0 Å². The van der Waals surface area contributed by atoms with Gasteiger partial charge in [-0.3, -0.25) is 19.0 Å². The van der Waals surface area contributed by atoms with E-state index in [0.717, 1.165) is 0 Å². The van der Waals surface area contributed by atoms with Gasteiger partial charge in [0.05, 0.1) is 5.52 Å². The van der Waals surface area contributed by atoms with Gasteiger partial charge in [-0.05, 0) is 39.7 Å². The molecule has 0 amide bonds. The molecular weight excluding hydrogens is 472 g/mol. The molecule has 0 spiro atoms. The van der Waals surface area contributed by atoms with E-state index in [2.05, 4.69) is 20.9 Å². The Morgan fingerprint density at radius 2 is 1.79 bits per heavy atom. The van der Waals surface area contributed by atoms with E-state index in [4.69, 9.17) is 30.5 Å². The Bertz CT molecular complexity index is 963. The molecule has 1 aliphatic rings. The normalized spacial score (nSPS) is 23.8. The summed E-state index contributed by atoms with van der Waals surface area (Å²) in [5.41, 5.74) is 1.19. The molecule has 1 aromatic heterocycles. The Morgan fingerprint density at radius 1 is 1.14 bits per heavy atom. The number of benzene rings is 1. The average Bonchev–Trinajstić information content (AvgIpc) is 3.11. The van der Waals surface area contributed by atoms with Crippen LogP contribution in [0.25, 0.3) is 11.0 Å². The van der Waals surface area contributed by atoms with Gasteiger partial charge in [-0.1, -0.05) is 6.07 Å². The lowest BCUT2D eigenvalue weighted by Gasteiger charge is -2.24. The SMILES string of the molecule is CC(=O)OC[C@H]1O[C@@H](n2c(Cl)nc3c(Br)cccc32)[C@H](OC(C)=O)[C@@H]1OC(C)=O. The highest BCUT2D eigenvalue weighted by Crippen LogP contribution is 2.39. The summed E-state index contributed by atoms with van der Waals surface area (Å²) >= 11 is 9.79. The Balaban J connectivity index is 2.07. The molecule has 1 aliphatic heterocycles. The summed E-state index contributed by atoms with van der Waals surface area (Å²) in [6.45, 7) is 3.49. The predicted octanol–water partition coefficient (Wildman–Crippen LogP) is 2.78. The standard InChI is InChI=1S/C18H18BrClN2O7/c1-8(23)26-7-13-15(27-9(2)24)16(28-10(3)25)17(29-13)22-12-6-4-5-11(19)14(12)21-18(22)20/h4-6,13,15-17H,7H2,1-3H3/t13-,15-,16-,17-/m1/s1. The van der Waals surface area contributed by atoms with Crippen LogP contribution in [0.4, 0.5) is 0 Å². The zero-order valence-corrected chi connectivity index (χ0v) is 18.1. The van der Waals surface area contributed by atoms with Gasteiger partial charge in [0.25, 0.3) is 0 Å². The second-order valence-electron chi connectivity index (χ2n) is 6.37. The molecule has 2 aromatic rings. The molecule has 2 heterocycles. The molecule has 0 saturated carbocycles. The average molecular weight is 490 g/mol. The topological polar surface area (TPSA) is 106 Å². The van der Waals surface area contributed by atoms with Crippen LogP contribution in [0.2, 0.25) is 5.28 Å². The molecule has 0 radical (unpaired) electrons. The Morgan fingerprint density at radius 3 is 2.41 bits per heavy atom. The van der Waals surface area contributed by atoms with Crippen molar-refractivity contribution in [1.29, 1.82) is 0 Å². The molecule has 0 bridgehead atoms. The minimum atomic E-state index is -1.04. The molecule has 156 valence electrons. The van der Waals surface area contributed by atoms with E-state index in [9.17, 15) is 14.4 Å². The number of rotatable bonds is 5. The molecule has 0 N–H and O–H groups in total. The zero-order chi connectivity index (χ0) is 21.3. The Kier molecular flexibility index (Phi) is 6.45. The van der Waals surface area contributed by atoms with Crippen LogP contribution in [-0.2, 0) is 33.3 Å². The number of aromatic nitrogens is 2. The van der Waals surface area contributed by atoms with E-state index in [1.165, 1.54) is 20.8 Å². The van der Waals surface area contributed by atoms with Crippen molar-refractivity contribution < 1.29 is 33.3 Å². The highest BCUT2D eigenvalue weighted by Gasteiger charge is 2.51. The van der Waals surface area contributed by atoms with E-state index >= 15 is 0 Å². The second kappa shape index (κ2) is 8.68. The third-order valence-electron chi connectivity index (χ3n) is 4.22. The van der Waals surface area contributed by atoms with Crippen molar-refractivity contribution in [3.05, 3.63) is 28.0 Å². The van der Waals surface area contributed by atoms with Crippen molar-refractivity contribution in [2.75, 3.05) is 6.61 Å². The van der Waals surface area contributed by atoms with E-state index in [1.54, 1.807) is 22.8 Å². The fraction of sp³-hybridized carbons (Fsp3) is 0.444. The van der Waals surface area contributed by atoms with E-state index in [0.29, 0.717) is 15.5 Å². The third kappa shape index (κ3) is 4.54. The monoisotopic (exact) mass is 488 g/mol. The van der Waals surface area contributed by atoms with Crippen molar-refractivity contribution >= 4 is 56.5 Å². The largest absolute Gasteiger partial charge is 0.463 e. The highest BCUT2D eigenvalue weighted by atomic mass is 79.9. The van der Waals surface area contributed by atoms with Crippen LogP contribution in [0.3, 0.4) is 0 Å². The van der Waals surface area contributed by atoms with Gasteiger partial charge < -0.3 is 18.9 Å². The van der Waals surface area contributed by atoms with E-state index in [-0.39, 0.29) is 11.9 Å². The molecule has 1 fully saturated rings. The number of hydrogen-bond donors (Lipinski definition) is 0. The Hall–Kier alpha value is -2.17. The minimum absolute atomic E-state index is 0.0868. The fourth-order valence-electron chi connectivity index (χ4n) is 3.20. The van der Waals surface area contributed by atoms with Crippen LogP contribution in [-0.4, -0.2) is 52.4 Å². The molecule has 11 heteroatoms. The maximum atomic E-state index is 11.8. The molecule has 4 atom stereocenters. The molecule has 1 saturated heterocycles. The maximum Gasteiger partial charge on any atom is 0.303 e. The summed E-state index contributed by atoms with van der Waals surface area (Å²) in [6, 6.07) is 5.37. The molecule has 9 nitrogen and oxygen atoms in total. The highest BCUT2D eigenvalue weighted by molar-refractivity contribution is 9.10. The fourth-order valence-corrected chi connectivity index (χ4v) is 3.91. The van der Waals surface area contributed by atoms with Crippen LogP contribution >= 0.6 is 27.5 Å². The zero-order valence-electron chi connectivity index (χ0n) is 15.8. The third-order valence-corrected chi connectivity index (χ3v) is 5.13. The molecule has 0 aliphatic carbocycles. The number of carbonyl (C=O) groups excluding carboxylic acids is 3. The summed E-state index contributed by atoms with van der Waals surface area (Å²) in [7, 11) is 0. The lowest BCUT2D eigenvalue weighted by Crippen LogP contribution is -2.40. The lowest BCUT2D eigenvalue weighted by atomic mass is 10.1. The number of hydrogen-bond acceptors (Lipinski definition) is 8. The summed E-state index contributed by atoms with van der Waals surface area (Å²) in [4.78, 5) is 39.0. The number of para-hydroxylation sites is 1. The maximum absolute atomic E-state index is 11.8. The summed E-state index contributed by atoms with van der Waals surface area (Å²) < 4.78 is 24.1. The first-order valence-corrected chi connectivity index (χ1v) is 9.81. The quantitative estimate of drug-likeness (QED) is 0.466. The van der Waals surface area contributed by atoms with Crippen molar-refractivity contribution in [1.82, 2.24) is 9.55 Å². The number of esters is 3. The first kappa shape index (κ1) is 21.5. The van der Waals surface area contributed by atoms with Crippen molar-refractivity contribution in [3.8, 4) is 0 Å². The lowest BCUT2D eigenvalue weighted by molar-refractivity contribution is -0.166. The number of carbonyl (C=O) groups is 3. The van der Waals surface area contributed by atoms with Crippen LogP contribution in [0.5, 0.6) is 0 Å². The van der Waals surface area contributed by atoms with Crippen LogP contribution < -0.4 is 0 Å². The minimum Gasteiger partial charge on any atom is -0.463 e. The van der Waals surface area contributed by atoms with Gasteiger partial charge in [-0.2, -0.15) is 0 Å². The Labute approximate surface area is 179 Å². The van der Waals surface area contributed by atoms with Crippen LogP contribution in [0, 0.1) is 0 Å². The van der Waals surface area contributed by atoms with Crippen molar-refractivity contribution in [2.45, 2.75) is 45.3 Å². The van der Waals surface area contributed by atoms with Gasteiger partial charge in [0.15, 0.2) is 18.4 Å². The summed E-state index contributed by atoms with van der Waals surface area (Å²) in [5, 5.41) is 0.0868. The first-order chi connectivity index (χ1) is 13.7. The smallest absolute Gasteiger partial charge is 0.303 e. The number of imidazole rings is 1. The predicted molar refractivity (Wildman–Crippen MR) is 104 cm³/mol. The molecule has 29 heavy (non-hydrogen) atoms. The van der Waals surface area contributed by atoms with E-state index in [1.807, 2.05) is 0 Å². The molecule has 1 aromatic carbocycles. The van der Waals surface area contributed by atoms with Gasteiger partial charge >= 0.3 is 17.9 Å². The van der Waals surface area contributed by atoms with Gasteiger partial charge in [0.2, 0.25) is 5.28 Å². The van der Waals surface area contributed by atoms with Gasteiger partial charge in [-0.25, -0.2) is 4.98 Å². The van der Waals surface area contributed by atoms with Gasteiger partial charge in [-0.15, -0.1) is 0 Å². The number of ether oxygens (including phenoxy) is 4. The van der Waals surface area contributed by atoms with Crippen molar-refractivity contribution in [2.24, 2.45) is 0 Å². The van der Waals surface area contributed by atoms with Gasteiger partial charge in [0, 0.05) is 25.2 Å². The van der Waals surface area contributed by atoms with Gasteiger partial charge in [0.1, 0.15) is 18.2 Å². The number of fused-ring (bicyclic) bond motifs is 1. The molecular formula is C18H18BrClN2O7. The van der Waals surface area contributed by atoms with Crippen LogP contribution in [0.15, 0.2) is 22.7 Å². The van der Waals surface area contributed by atoms with E-state index < -0.39 is 42.4 Å². The first-order valence-electron chi connectivity index (χ1n) is 8.64. The second-order valence-corrected chi connectivity index (χ2v) is 7.57. The number of nitrogens with zero attached hydrogens (tertiary/aromatic N) is 2. The summed E-state index contributed by atoms with van der Waals surface area (Å²) in [5.74, 6) is -1.73. The molecule has 3 rings (SSSR count).